The number of para-hydroxylation sites is 1. The molecule has 0 saturated heterocycles. The first-order chi connectivity index (χ1) is 6.65. The molecule has 4 heteroatoms. The fraction of sp³-hybridized carbons (Fsp3) is 0.100. The van der Waals surface area contributed by atoms with Gasteiger partial charge in [0.2, 0.25) is 0 Å². The lowest BCUT2D eigenvalue weighted by atomic mass is 10.1. The van der Waals surface area contributed by atoms with Gasteiger partial charge in [-0.25, -0.2) is 0 Å². The van der Waals surface area contributed by atoms with E-state index in [4.69, 9.17) is 10.5 Å². The Morgan fingerprint density at radius 3 is 2.71 bits per heavy atom. The monoisotopic (exact) mass is 191 g/mol. The Bertz CT molecular complexity index is 385. The summed E-state index contributed by atoms with van der Waals surface area (Å²) in [5.74, 6) is -0.957. The lowest BCUT2D eigenvalue weighted by Gasteiger charge is -2.00. The second-order valence-corrected chi connectivity index (χ2v) is 2.77. The van der Waals surface area contributed by atoms with Crippen LogP contribution in [0, 0.1) is 0 Å². The van der Waals surface area contributed by atoms with E-state index in [2.05, 4.69) is 11.7 Å². The van der Waals surface area contributed by atoms with Gasteiger partial charge < -0.3 is 5.11 Å². The van der Waals surface area contributed by atoms with E-state index >= 15 is 0 Å². The molecule has 14 heavy (non-hydrogen) atoms. The van der Waals surface area contributed by atoms with Gasteiger partial charge in [0.05, 0.1) is 11.3 Å². The maximum atomic E-state index is 10.4. The molecule has 0 aliphatic rings. The highest BCUT2D eigenvalue weighted by Crippen LogP contribution is 2.18. The molecule has 0 radical (unpaired) electrons. The van der Waals surface area contributed by atoms with Crippen molar-refractivity contribution in [2.45, 2.75) is 6.42 Å². The number of carbonyl (C=O) groups is 1. The number of hydrogen-bond acceptors (Lipinski definition) is 2. The summed E-state index contributed by atoms with van der Waals surface area (Å²) in [6, 6.07) is 7.03. The van der Waals surface area contributed by atoms with Gasteiger partial charge in [-0.3, -0.25) is 15.2 Å². The molecule has 4 nitrogen and oxygen atoms in total. The zero-order valence-electron chi connectivity index (χ0n) is 7.60. The first kappa shape index (κ1) is 10.1. The van der Waals surface area contributed by atoms with Gasteiger partial charge in [-0.2, -0.15) is 0 Å². The van der Waals surface area contributed by atoms with Gasteiger partial charge in [0.25, 0.3) is 0 Å². The number of carboxylic acid groups (broad SMARTS) is 1. The predicted octanol–water partition coefficient (Wildman–Crippen LogP) is 0.0416. The molecule has 0 aromatic heterocycles. The van der Waals surface area contributed by atoms with E-state index in [1.54, 1.807) is 24.3 Å². The number of nitrogens with zero attached hydrogens (tertiary/aromatic N) is 1. The second-order valence-electron chi connectivity index (χ2n) is 2.77. The molecular weight excluding hydrogens is 180 g/mol. The molecule has 0 saturated carbocycles. The highest BCUT2D eigenvalue weighted by atomic mass is 16.4. The average molecular weight is 191 g/mol. The molecule has 0 bridgehead atoms. The van der Waals surface area contributed by atoms with Crippen molar-refractivity contribution in [3.63, 3.8) is 0 Å². The van der Waals surface area contributed by atoms with Crippen LogP contribution < -0.4 is 5.41 Å². The molecule has 0 atom stereocenters. The summed E-state index contributed by atoms with van der Waals surface area (Å²) in [7, 11) is 0. The third-order valence-electron chi connectivity index (χ3n) is 1.76. The van der Waals surface area contributed by atoms with E-state index in [0.29, 0.717) is 17.0 Å². The summed E-state index contributed by atoms with van der Waals surface area (Å²) in [5, 5.41) is 14.2. The van der Waals surface area contributed by atoms with Crippen molar-refractivity contribution < 1.29 is 15.3 Å². The summed E-state index contributed by atoms with van der Waals surface area (Å²) in [5.41, 5.74) is 1.52. The van der Waals surface area contributed by atoms with Crippen molar-refractivity contribution in [3.8, 4) is 0 Å². The van der Waals surface area contributed by atoms with Gasteiger partial charge in [-0.15, -0.1) is 0 Å². The maximum Gasteiger partial charge on any atom is 0.314 e. The number of hydrogen-bond donors (Lipinski definition) is 2. The zero-order chi connectivity index (χ0) is 10.6. The molecule has 0 aliphatic carbocycles. The quantitative estimate of drug-likeness (QED) is 0.659. The van der Waals surface area contributed by atoms with E-state index in [0.717, 1.165) is 0 Å². The number of benzene rings is 1. The van der Waals surface area contributed by atoms with Crippen molar-refractivity contribution in [1.82, 2.24) is 0 Å². The fourth-order valence-corrected chi connectivity index (χ4v) is 1.14. The minimum Gasteiger partial charge on any atom is -0.481 e. The van der Waals surface area contributed by atoms with Gasteiger partial charge >= 0.3 is 5.97 Å². The molecule has 72 valence electrons. The maximum absolute atomic E-state index is 10.4. The Morgan fingerprint density at radius 1 is 1.50 bits per heavy atom. The molecule has 0 amide bonds. The Hall–Kier alpha value is -1.97. The minimum atomic E-state index is -0.957. The van der Waals surface area contributed by atoms with E-state index in [1.165, 1.54) is 0 Å². The van der Waals surface area contributed by atoms with E-state index in [1.807, 2.05) is 0 Å². The van der Waals surface area contributed by atoms with Gasteiger partial charge in [-0.1, -0.05) is 12.1 Å². The molecule has 1 rings (SSSR count). The Balaban J connectivity index is 2.99. The number of aliphatic carboxylic acids is 1. The van der Waals surface area contributed by atoms with Crippen LogP contribution in [-0.2, 0) is 4.79 Å². The Kier molecular flexibility index (Phi) is 3.12. The summed E-state index contributed by atoms with van der Waals surface area (Å²) < 4.78 is 0. The van der Waals surface area contributed by atoms with Gasteiger partial charge in [-0.05, 0) is 18.9 Å². The summed E-state index contributed by atoms with van der Waals surface area (Å²) in [6.45, 7) is 3.39. The van der Waals surface area contributed by atoms with Crippen molar-refractivity contribution in [1.29, 1.82) is 0 Å². The molecule has 1 aromatic rings. The number of aliphatic imine (C=N–C) groups is 1. The Morgan fingerprint density at radius 2 is 2.14 bits per heavy atom. The van der Waals surface area contributed by atoms with Crippen LogP contribution in [0.5, 0.6) is 0 Å². The predicted molar refractivity (Wildman–Crippen MR) is 53.9 cm³/mol. The van der Waals surface area contributed by atoms with Crippen molar-refractivity contribution in [2.75, 3.05) is 0 Å². The first-order valence-electron chi connectivity index (χ1n) is 4.04. The van der Waals surface area contributed by atoms with Crippen LogP contribution >= 0.6 is 0 Å². The van der Waals surface area contributed by atoms with Crippen LogP contribution in [0.3, 0.4) is 0 Å². The SMILES string of the molecule is C=Nc1ccccc1C(=[NH2+])CC(=O)O. The number of nitrogens with two attached hydrogens (primary N) is 1. The normalized spacial score (nSPS) is 9.43. The number of carboxylic acids is 1. The molecule has 0 fully saturated rings. The summed E-state index contributed by atoms with van der Waals surface area (Å²) >= 11 is 0. The fourth-order valence-electron chi connectivity index (χ4n) is 1.14. The first-order valence-corrected chi connectivity index (χ1v) is 4.04. The van der Waals surface area contributed by atoms with Crippen LogP contribution in [-0.4, -0.2) is 23.5 Å². The van der Waals surface area contributed by atoms with Gasteiger partial charge in [0.15, 0.2) is 5.71 Å². The van der Waals surface area contributed by atoms with Gasteiger partial charge in [0.1, 0.15) is 6.42 Å². The van der Waals surface area contributed by atoms with E-state index in [9.17, 15) is 4.79 Å². The molecule has 0 unspecified atom stereocenters. The average Bonchev–Trinajstić information content (AvgIpc) is 2.16. The van der Waals surface area contributed by atoms with E-state index in [-0.39, 0.29) is 6.42 Å². The molecular formula is C10H11N2O2+. The van der Waals surface area contributed by atoms with Crippen LogP contribution in [0.15, 0.2) is 29.3 Å². The smallest absolute Gasteiger partial charge is 0.314 e. The molecule has 3 N–H and O–H groups in total. The van der Waals surface area contributed by atoms with Crippen molar-refractivity contribution >= 4 is 24.1 Å². The topological polar surface area (TPSA) is 75.2 Å². The van der Waals surface area contributed by atoms with Crippen molar-refractivity contribution in [2.24, 2.45) is 4.99 Å². The zero-order valence-corrected chi connectivity index (χ0v) is 7.60. The largest absolute Gasteiger partial charge is 0.481 e. The van der Waals surface area contributed by atoms with Crippen LogP contribution in [0.2, 0.25) is 0 Å². The van der Waals surface area contributed by atoms with Crippen LogP contribution in [0.1, 0.15) is 12.0 Å². The third-order valence-corrected chi connectivity index (χ3v) is 1.76. The van der Waals surface area contributed by atoms with Crippen LogP contribution in [0.25, 0.3) is 0 Å². The summed E-state index contributed by atoms with van der Waals surface area (Å²) in [4.78, 5) is 14.2. The highest BCUT2D eigenvalue weighted by Gasteiger charge is 2.14. The molecule has 0 spiro atoms. The lowest BCUT2D eigenvalue weighted by Crippen LogP contribution is -2.41. The van der Waals surface area contributed by atoms with Crippen molar-refractivity contribution in [3.05, 3.63) is 29.8 Å². The Labute approximate surface area is 81.4 Å². The van der Waals surface area contributed by atoms with E-state index < -0.39 is 5.97 Å². The highest BCUT2D eigenvalue weighted by molar-refractivity contribution is 6.08. The molecule has 0 heterocycles. The third kappa shape index (κ3) is 2.26. The van der Waals surface area contributed by atoms with Crippen LogP contribution in [0.4, 0.5) is 5.69 Å². The minimum absolute atomic E-state index is 0.188. The number of rotatable bonds is 4. The standard InChI is InChI=1S/C10H10N2O2/c1-12-9-5-3-2-4-7(9)8(11)6-10(13)14/h2-5,11H,1,6H2,(H,13,14)/p+1. The van der Waals surface area contributed by atoms with Gasteiger partial charge in [0, 0.05) is 0 Å². The summed E-state index contributed by atoms with van der Waals surface area (Å²) in [6.07, 6.45) is -0.188. The second kappa shape index (κ2) is 4.32. The molecule has 1 aromatic carbocycles. The lowest BCUT2D eigenvalue weighted by molar-refractivity contribution is -0.139. The molecule has 0 aliphatic heterocycles.